The van der Waals surface area contributed by atoms with Crippen molar-refractivity contribution in [1.29, 1.82) is 0 Å². The number of aromatic hydroxyl groups is 1. The summed E-state index contributed by atoms with van der Waals surface area (Å²) in [6, 6.07) is 3.54. The number of nitro benzene ring substituents is 1. The fraction of sp³-hybridized carbons (Fsp3) is 0.455. The van der Waals surface area contributed by atoms with Crippen LogP contribution in [-0.2, 0) is 0 Å². The number of rotatable bonds is 4. The highest BCUT2D eigenvalue weighted by atomic mass is 35.5. The lowest BCUT2D eigenvalue weighted by molar-refractivity contribution is -0.385. The average Bonchev–Trinajstić information content (AvgIpc) is 2.16. The standard InChI is InChI=1S/C11H16N2O3.ClH/c1-7(2)5-10(12)9-6-8(13(15)16)3-4-11(9)14;/h3-4,6-7,10,14H,5,12H2,1-2H3;1H/t10-;/m0./s1. The molecule has 0 bridgehead atoms. The molecule has 0 fully saturated rings. The van der Waals surface area contributed by atoms with Gasteiger partial charge in [-0.25, -0.2) is 0 Å². The Bertz CT molecular complexity index is 396. The second-order valence-electron chi connectivity index (χ2n) is 4.24. The lowest BCUT2D eigenvalue weighted by atomic mass is 9.97. The fourth-order valence-corrected chi connectivity index (χ4v) is 1.59. The van der Waals surface area contributed by atoms with E-state index in [1.54, 1.807) is 0 Å². The average molecular weight is 261 g/mol. The van der Waals surface area contributed by atoms with E-state index < -0.39 is 4.92 Å². The van der Waals surface area contributed by atoms with Crippen molar-refractivity contribution in [2.45, 2.75) is 26.3 Å². The molecule has 0 spiro atoms. The zero-order valence-corrected chi connectivity index (χ0v) is 10.6. The Morgan fingerprint density at radius 2 is 2.06 bits per heavy atom. The number of halogens is 1. The van der Waals surface area contributed by atoms with Crippen LogP contribution in [0.2, 0.25) is 0 Å². The predicted octanol–water partition coefficient (Wildman–Crippen LogP) is 2.77. The van der Waals surface area contributed by atoms with Crippen LogP contribution >= 0.6 is 12.4 Å². The van der Waals surface area contributed by atoms with E-state index >= 15 is 0 Å². The van der Waals surface area contributed by atoms with Gasteiger partial charge in [0.25, 0.3) is 5.69 Å². The van der Waals surface area contributed by atoms with Crippen molar-refractivity contribution < 1.29 is 10.0 Å². The molecule has 0 saturated heterocycles. The van der Waals surface area contributed by atoms with Crippen LogP contribution in [0.25, 0.3) is 0 Å². The van der Waals surface area contributed by atoms with Crippen LogP contribution in [0, 0.1) is 16.0 Å². The number of non-ortho nitro benzene ring substituents is 1. The molecule has 1 aromatic rings. The Kier molecular flexibility index (Phi) is 5.91. The van der Waals surface area contributed by atoms with E-state index in [0.29, 0.717) is 17.9 Å². The number of nitro groups is 1. The molecular weight excluding hydrogens is 244 g/mol. The molecule has 17 heavy (non-hydrogen) atoms. The molecule has 0 unspecified atom stereocenters. The molecule has 1 aromatic carbocycles. The smallest absolute Gasteiger partial charge is 0.270 e. The summed E-state index contributed by atoms with van der Waals surface area (Å²) in [5, 5.41) is 20.2. The molecule has 0 aliphatic carbocycles. The first-order valence-electron chi connectivity index (χ1n) is 5.14. The van der Waals surface area contributed by atoms with E-state index in [4.69, 9.17) is 5.73 Å². The maximum absolute atomic E-state index is 10.6. The quantitative estimate of drug-likeness (QED) is 0.643. The van der Waals surface area contributed by atoms with Crippen LogP contribution in [-0.4, -0.2) is 10.0 Å². The Morgan fingerprint density at radius 1 is 1.47 bits per heavy atom. The molecule has 0 aliphatic rings. The summed E-state index contributed by atoms with van der Waals surface area (Å²) in [5.74, 6) is 0.382. The molecule has 0 radical (unpaired) electrons. The highest BCUT2D eigenvalue weighted by molar-refractivity contribution is 5.85. The zero-order valence-electron chi connectivity index (χ0n) is 9.79. The molecule has 1 atom stereocenters. The molecule has 0 aromatic heterocycles. The highest BCUT2D eigenvalue weighted by Crippen LogP contribution is 2.30. The SMILES string of the molecule is CC(C)C[C@H](N)c1cc([N+](=O)[O-])ccc1O.Cl. The van der Waals surface area contributed by atoms with Crippen LogP contribution in [0.5, 0.6) is 5.75 Å². The largest absolute Gasteiger partial charge is 0.508 e. The number of hydrogen-bond donors (Lipinski definition) is 2. The molecule has 0 amide bonds. The summed E-state index contributed by atoms with van der Waals surface area (Å²) in [4.78, 5) is 10.1. The van der Waals surface area contributed by atoms with Gasteiger partial charge in [-0.3, -0.25) is 10.1 Å². The summed E-state index contributed by atoms with van der Waals surface area (Å²) < 4.78 is 0. The van der Waals surface area contributed by atoms with Gasteiger partial charge in [0.1, 0.15) is 5.75 Å². The van der Waals surface area contributed by atoms with Gasteiger partial charge in [-0.2, -0.15) is 0 Å². The maximum Gasteiger partial charge on any atom is 0.270 e. The van der Waals surface area contributed by atoms with E-state index in [0.717, 1.165) is 0 Å². The van der Waals surface area contributed by atoms with Gasteiger partial charge >= 0.3 is 0 Å². The van der Waals surface area contributed by atoms with Gasteiger partial charge in [0.15, 0.2) is 0 Å². The summed E-state index contributed by atoms with van der Waals surface area (Å²) >= 11 is 0. The monoisotopic (exact) mass is 260 g/mol. The van der Waals surface area contributed by atoms with Crippen molar-refractivity contribution >= 4 is 18.1 Å². The topological polar surface area (TPSA) is 89.4 Å². The van der Waals surface area contributed by atoms with Crippen molar-refractivity contribution in [1.82, 2.24) is 0 Å². The lowest BCUT2D eigenvalue weighted by Crippen LogP contribution is -2.13. The van der Waals surface area contributed by atoms with Crippen molar-refractivity contribution in [3.63, 3.8) is 0 Å². The number of phenols is 1. The molecule has 0 saturated carbocycles. The Morgan fingerprint density at radius 3 is 2.53 bits per heavy atom. The summed E-state index contributed by atoms with van der Waals surface area (Å²) in [5.41, 5.74) is 6.27. The third-order valence-corrected chi connectivity index (χ3v) is 2.35. The highest BCUT2D eigenvalue weighted by Gasteiger charge is 2.16. The van der Waals surface area contributed by atoms with E-state index in [-0.39, 0.29) is 29.9 Å². The minimum atomic E-state index is -0.495. The van der Waals surface area contributed by atoms with E-state index in [9.17, 15) is 15.2 Å². The van der Waals surface area contributed by atoms with Crippen LogP contribution in [0.3, 0.4) is 0 Å². The Labute approximate surface area is 106 Å². The zero-order chi connectivity index (χ0) is 12.3. The summed E-state index contributed by atoms with van der Waals surface area (Å²) in [7, 11) is 0. The normalized spacial score (nSPS) is 12.0. The van der Waals surface area contributed by atoms with E-state index in [1.807, 2.05) is 13.8 Å². The minimum absolute atomic E-state index is 0. The maximum atomic E-state index is 10.6. The number of nitrogens with zero attached hydrogens (tertiary/aromatic N) is 1. The minimum Gasteiger partial charge on any atom is -0.508 e. The number of benzene rings is 1. The van der Waals surface area contributed by atoms with Crippen molar-refractivity contribution in [2.24, 2.45) is 11.7 Å². The second-order valence-corrected chi connectivity index (χ2v) is 4.24. The molecule has 1 rings (SSSR count). The number of phenolic OH excluding ortho intramolecular Hbond substituents is 1. The van der Waals surface area contributed by atoms with Gasteiger partial charge in [0.2, 0.25) is 0 Å². The third-order valence-electron chi connectivity index (χ3n) is 2.35. The predicted molar refractivity (Wildman–Crippen MR) is 68.4 cm³/mol. The first kappa shape index (κ1) is 15.7. The van der Waals surface area contributed by atoms with Gasteiger partial charge in [0, 0.05) is 23.7 Å². The second kappa shape index (κ2) is 6.42. The van der Waals surface area contributed by atoms with Crippen molar-refractivity contribution in [3.05, 3.63) is 33.9 Å². The first-order valence-corrected chi connectivity index (χ1v) is 5.14. The van der Waals surface area contributed by atoms with Crippen LogP contribution < -0.4 is 5.73 Å². The van der Waals surface area contributed by atoms with Gasteiger partial charge in [0.05, 0.1) is 4.92 Å². The molecular formula is C11H17ClN2O3. The van der Waals surface area contributed by atoms with Crippen LogP contribution in [0.4, 0.5) is 5.69 Å². The summed E-state index contributed by atoms with van der Waals surface area (Å²) in [6.07, 6.45) is 0.675. The first-order chi connectivity index (χ1) is 7.41. The molecule has 96 valence electrons. The fourth-order valence-electron chi connectivity index (χ4n) is 1.59. The molecule has 5 nitrogen and oxygen atoms in total. The Hall–Kier alpha value is -1.33. The third kappa shape index (κ3) is 4.20. The molecule has 3 N–H and O–H groups in total. The van der Waals surface area contributed by atoms with Gasteiger partial charge in [-0.1, -0.05) is 13.8 Å². The van der Waals surface area contributed by atoms with Crippen molar-refractivity contribution in [3.8, 4) is 5.75 Å². The van der Waals surface area contributed by atoms with Crippen molar-refractivity contribution in [2.75, 3.05) is 0 Å². The summed E-state index contributed by atoms with van der Waals surface area (Å²) in [6.45, 7) is 4.02. The lowest BCUT2D eigenvalue weighted by Gasteiger charge is -2.15. The number of nitrogens with two attached hydrogens (primary N) is 1. The molecule has 6 heteroatoms. The molecule has 0 aliphatic heterocycles. The van der Waals surface area contributed by atoms with E-state index in [1.165, 1.54) is 18.2 Å². The van der Waals surface area contributed by atoms with E-state index in [2.05, 4.69) is 0 Å². The Balaban J connectivity index is 0.00000256. The number of hydrogen-bond acceptors (Lipinski definition) is 4. The molecule has 0 heterocycles. The van der Waals surface area contributed by atoms with Gasteiger partial charge in [-0.05, 0) is 18.4 Å². The van der Waals surface area contributed by atoms with Crippen LogP contribution in [0.15, 0.2) is 18.2 Å². The van der Waals surface area contributed by atoms with Gasteiger partial charge in [-0.15, -0.1) is 12.4 Å². The van der Waals surface area contributed by atoms with Crippen LogP contribution in [0.1, 0.15) is 31.9 Å². The van der Waals surface area contributed by atoms with Gasteiger partial charge < -0.3 is 10.8 Å².